The molecule has 0 amide bonds. The van der Waals surface area contributed by atoms with Crippen LogP contribution in [0.25, 0.3) is 0 Å². The maximum atomic E-state index is 5.52. The van der Waals surface area contributed by atoms with Crippen LogP contribution in [0.15, 0.2) is 0 Å². The maximum Gasteiger partial charge on any atom is 0.0724 e. The van der Waals surface area contributed by atoms with Crippen LogP contribution in [0.3, 0.4) is 0 Å². The van der Waals surface area contributed by atoms with E-state index < -0.39 is 0 Å². The molecule has 94 valence electrons. The van der Waals surface area contributed by atoms with Gasteiger partial charge in [-0.2, -0.15) is 0 Å². The van der Waals surface area contributed by atoms with E-state index in [1.165, 1.54) is 51.5 Å². The van der Waals surface area contributed by atoms with E-state index >= 15 is 0 Å². The number of methoxy groups -OCH3 is 1. The second-order valence-corrected chi connectivity index (χ2v) is 5.85. The van der Waals surface area contributed by atoms with Gasteiger partial charge in [-0.15, -0.1) is 0 Å². The molecular formula is C14H27NO. The van der Waals surface area contributed by atoms with Gasteiger partial charge in [0.05, 0.1) is 6.10 Å². The number of hydrogen-bond acceptors (Lipinski definition) is 2. The highest BCUT2D eigenvalue weighted by molar-refractivity contribution is 4.85. The van der Waals surface area contributed by atoms with Gasteiger partial charge in [-0.3, -0.25) is 0 Å². The molecule has 2 heteroatoms. The van der Waals surface area contributed by atoms with E-state index in [0.29, 0.717) is 12.1 Å². The van der Waals surface area contributed by atoms with Crippen molar-refractivity contribution in [1.82, 2.24) is 5.32 Å². The van der Waals surface area contributed by atoms with E-state index in [4.69, 9.17) is 4.74 Å². The lowest BCUT2D eigenvalue weighted by molar-refractivity contribution is 0.0827. The molecule has 2 atom stereocenters. The number of nitrogens with one attached hydrogen (secondary N) is 1. The fraction of sp³-hybridized carbons (Fsp3) is 1.00. The van der Waals surface area contributed by atoms with Gasteiger partial charge < -0.3 is 10.1 Å². The van der Waals surface area contributed by atoms with Crippen LogP contribution in [0, 0.1) is 11.8 Å². The van der Waals surface area contributed by atoms with Crippen LogP contribution in [0.4, 0.5) is 0 Å². The zero-order chi connectivity index (χ0) is 11.4. The molecule has 0 saturated heterocycles. The molecule has 0 aromatic heterocycles. The van der Waals surface area contributed by atoms with Crippen LogP contribution in [-0.4, -0.2) is 25.8 Å². The number of hydrogen-bond donors (Lipinski definition) is 1. The summed E-state index contributed by atoms with van der Waals surface area (Å²) in [4.78, 5) is 0. The molecule has 2 aliphatic carbocycles. The Bertz CT molecular complexity index is 199. The summed E-state index contributed by atoms with van der Waals surface area (Å²) < 4.78 is 5.52. The molecule has 2 nitrogen and oxygen atoms in total. The molecule has 0 bridgehead atoms. The monoisotopic (exact) mass is 225 g/mol. The Morgan fingerprint density at radius 3 is 2.50 bits per heavy atom. The molecule has 0 aliphatic heterocycles. The summed E-state index contributed by atoms with van der Waals surface area (Å²) in [5.74, 6) is 1.89. The van der Waals surface area contributed by atoms with Crippen molar-refractivity contribution in [2.75, 3.05) is 13.7 Å². The normalized spacial score (nSPS) is 40.1. The molecule has 16 heavy (non-hydrogen) atoms. The zero-order valence-corrected chi connectivity index (χ0v) is 10.9. The summed E-state index contributed by atoms with van der Waals surface area (Å²) in [5.41, 5.74) is 0. The fourth-order valence-corrected chi connectivity index (χ4v) is 3.29. The molecular weight excluding hydrogens is 198 g/mol. The van der Waals surface area contributed by atoms with Crippen LogP contribution in [-0.2, 0) is 4.74 Å². The van der Waals surface area contributed by atoms with Crippen molar-refractivity contribution in [3.63, 3.8) is 0 Å². The second-order valence-electron chi connectivity index (χ2n) is 5.85. The Morgan fingerprint density at radius 1 is 1.06 bits per heavy atom. The van der Waals surface area contributed by atoms with Crippen LogP contribution in [0.2, 0.25) is 0 Å². The molecule has 0 radical (unpaired) electrons. The van der Waals surface area contributed by atoms with Gasteiger partial charge in [-0.1, -0.05) is 19.8 Å². The summed E-state index contributed by atoms with van der Waals surface area (Å²) in [6, 6.07) is 0.629. The average molecular weight is 225 g/mol. The highest BCUT2D eigenvalue weighted by Gasteiger charge is 2.27. The highest BCUT2D eigenvalue weighted by Crippen LogP contribution is 2.28. The molecule has 1 N–H and O–H groups in total. The first kappa shape index (κ1) is 12.4. The number of rotatable bonds is 4. The second kappa shape index (κ2) is 6.02. The molecule has 2 aliphatic rings. The van der Waals surface area contributed by atoms with Crippen molar-refractivity contribution < 1.29 is 4.74 Å². The SMILES string of the molecule is COC1CCCC1NCC1CCC(C)CC1. The van der Waals surface area contributed by atoms with Gasteiger partial charge >= 0.3 is 0 Å². The summed E-state index contributed by atoms with van der Waals surface area (Å²) in [6.07, 6.45) is 10.1. The van der Waals surface area contributed by atoms with Crippen LogP contribution < -0.4 is 5.32 Å². The Morgan fingerprint density at radius 2 is 1.81 bits per heavy atom. The van der Waals surface area contributed by atoms with Crippen molar-refractivity contribution >= 4 is 0 Å². The first-order valence-electron chi connectivity index (χ1n) is 7.05. The van der Waals surface area contributed by atoms with Crippen LogP contribution in [0.5, 0.6) is 0 Å². The topological polar surface area (TPSA) is 21.3 Å². The van der Waals surface area contributed by atoms with Gasteiger partial charge in [0, 0.05) is 13.2 Å². The largest absolute Gasteiger partial charge is 0.380 e. The third-order valence-corrected chi connectivity index (χ3v) is 4.56. The molecule has 0 aromatic rings. The Balaban J connectivity index is 1.67. The summed E-state index contributed by atoms with van der Waals surface area (Å²) >= 11 is 0. The zero-order valence-electron chi connectivity index (χ0n) is 10.9. The molecule has 0 heterocycles. The minimum Gasteiger partial charge on any atom is -0.380 e. The molecule has 2 rings (SSSR count). The van der Waals surface area contributed by atoms with Crippen molar-refractivity contribution in [2.45, 2.75) is 64.0 Å². The molecule has 2 fully saturated rings. The van der Waals surface area contributed by atoms with Gasteiger partial charge in [-0.05, 0) is 50.5 Å². The van der Waals surface area contributed by atoms with E-state index in [-0.39, 0.29) is 0 Å². The molecule has 0 spiro atoms. The van der Waals surface area contributed by atoms with E-state index in [9.17, 15) is 0 Å². The Kier molecular flexibility index (Phi) is 4.66. The first-order chi connectivity index (χ1) is 7.79. The standard InChI is InChI=1S/C14H27NO/c1-11-6-8-12(9-7-11)10-15-13-4-3-5-14(13)16-2/h11-15H,3-10H2,1-2H3. The first-order valence-corrected chi connectivity index (χ1v) is 7.05. The van der Waals surface area contributed by atoms with Crippen molar-refractivity contribution in [1.29, 1.82) is 0 Å². The molecule has 2 unspecified atom stereocenters. The smallest absolute Gasteiger partial charge is 0.0724 e. The van der Waals surface area contributed by atoms with Gasteiger partial charge in [0.25, 0.3) is 0 Å². The molecule has 2 saturated carbocycles. The third-order valence-electron chi connectivity index (χ3n) is 4.56. The van der Waals surface area contributed by atoms with Gasteiger partial charge in [0.2, 0.25) is 0 Å². The highest BCUT2D eigenvalue weighted by atomic mass is 16.5. The maximum absolute atomic E-state index is 5.52. The summed E-state index contributed by atoms with van der Waals surface area (Å²) in [6.45, 7) is 3.61. The van der Waals surface area contributed by atoms with Gasteiger partial charge in [0.15, 0.2) is 0 Å². The van der Waals surface area contributed by atoms with E-state index in [1.807, 2.05) is 7.11 Å². The lowest BCUT2D eigenvalue weighted by atomic mass is 9.83. The predicted molar refractivity (Wildman–Crippen MR) is 67.6 cm³/mol. The van der Waals surface area contributed by atoms with Crippen LogP contribution in [0.1, 0.15) is 51.9 Å². The fourth-order valence-electron chi connectivity index (χ4n) is 3.29. The molecule has 0 aromatic carbocycles. The summed E-state index contributed by atoms with van der Waals surface area (Å²) in [5, 5.41) is 3.74. The van der Waals surface area contributed by atoms with Gasteiger partial charge in [-0.25, -0.2) is 0 Å². The predicted octanol–water partition coefficient (Wildman–Crippen LogP) is 2.97. The van der Waals surface area contributed by atoms with Crippen molar-refractivity contribution in [2.24, 2.45) is 11.8 Å². The lowest BCUT2D eigenvalue weighted by Gasteiger charge is -2.28. The number of ether oxygens (including phenoxy) is 1. The minimum atomic E-state index is 0.475. The van der Waals surface area contributed by atoms with E-state index in [0.717, 1.165) is 11.8 Å². The quantitative estimate of drug-likeness (QED) is 0.794. The minimum absolute atomic E-state index is 0.475. The van der Waals surface area contributed by atoms with E-state index in [2.05, 4.69) is 12.2 Å². The van der Waals surface area contributed by atoms with Gasteiger partial charge in [0.1, 0.15) is 0 Å². The Hall–Kier alpha value is -0.0800. The third kappa shape index (κ3) is 3.21. The summed E-state index contributed by atoms with van der Waals surface area (Å²) in [7, 11) is 1.85. The average Bonchev–Trinajstić information content (AvgIpc) is 2.76. The Labute approximate surface area is 100 Å². The van der Waals surface area contributed by atoms with Crippen molar-refractivity contribution in [3.05, 3.63) is 0 Å². The van der Waals surface area contributed by atoms with E-state index in [1.54, 1.807) is 0 Å². The van der Waals surface area contributed by atoms with Crippen LogP contribution >= 0.6 is 0 Å². The van der Waals surface area contributed by atoms with Crippen molar-refractivity contribution in [3.8, 4) is 0 Å². The lowest BCUT2D eigenvalue weighted by Crippen LogP contribution is -2.40.